The Morgan fingerprint density at radius 3 is 2.72 bits per heavy atom. The number of hydrogen-bond donors (Lipinski definition) is 3. The summed E-state index contributed by atoms with van der Waals surface area (Å²) in [4.78, 5) is 15.9. The van der Waals surface area contributed by atoms with Gasteiger partial charge in [0, 0.05) is 12.7 Å². The molecule has 0 fully saturated rings. The first kappa shape index (κ1) is 14.7. The number of hydrogen-bond acceptors (Lipinski definition) is 4. The molecule has 1 amide bonds. The molecule has 0 saturated carbocycles. The smallest absolute Gasteiger partial charge is 0.252 e. The number of hydrazine groups is 1. The monoisotopic (exact) mass is 270 g/mol. The van der Waals surface area contributed by atoms with Crippen molar-refractivity contribution in [2.24, 2.45) is 11.3 Å². The van der Waals surface area contributed by atoms with Gasteiger partial charge in [0.15, 0.2) is 5.82 Å². The van der Waals surface area contributed by atoms with Gasteiger partial charge in [0.2, 0.25) is 0 Å². The van der Waals surface area contributed by atoms with Crippen molar-refractivity contribution in [1.29, 1.82) is 0 Å². The van der Waals surface area contributed by atoms with Crippen molar-refractivity contribution in [2.45, 2.75) is 27.2 Å². The molecule has 0 saturated heterocycles. The van der Waals surface area contributed by atoms with Gasteiger partial charge in [-0.25, -0.2) is 10.8 Å². The van der Waals surface area contributed by atoms with E-state index in [0.29, 0.717) is 22.9 Å². The topological polar surface area (TPSA) is 80.0 Å². The maximum absolute atomic E-state index is 11.9. The first-order chi connectivity index (χ1) is 8.39. The largest absolute Gasteiger partial charge is 0.351 e. The molecule has 1 aromatic heterocycles. The van der Waals surface area contributed by atoms with Crippen LogP contribution in [0.1, 0.15) is 37.6 Å². The molecule has 0 aromatic carbocycles. The number of amides is 1. The van der Waals surface area contributed by atoms with Crippen molar-refractivity contribution < 1.29 is 4.79 Å². The lowest BCUT2D eigenvalue weighted by Gasteiger charge is -2.22. The van der Waals surface area contributed by atoms with Gasteiger partial charge in [0.1, 0.15) is 0 Å². The normalized spacial score (nSPS) is 11.2. The van der Waals surface area contributed by atoms with Crippen molar-refractivity contribution in [1.82, 2.24) is 10.3 Å². The Morgan fingerprint density at radius 1 is 1.56 bits per heavy atom. The number of halogens is 1. The fourth-order valence-corrected chi connectivity index (χ4v) is 1.44. The zero-order valence-electron chi connectivity index (χ0n) is 10.9. The van der Waals surface area contributed by atoms with Crippen molar-refractivity contribution in [3.8, 4) is 0 Å². The lowest BCUT2D eigenvalue weighted by molar-refractivity contribution is 0.0935. The third-order valence-corrected chi connectivity index (χ3v) is 3.21. The quantitative estimate of drug-likeness (QED) is 0.566. The Hall–Kier alpha value is -1.33. The van der Waals surface area contributed by atoms with E-state index in [1.165, 1.54) is 12.3 Å². The Labute approximate surface area is 112 Å². The lowest BCUT2D eigenvalue weighted by atomic mass is 9.90. The number of nitrogens with one attached hydrogen (secondary N) is 2. The molecule has 100 valence electrons. The fraction of sp³-hybridized carbons (Fsp3) is 0.500. The van der Waals surface area contributed by atoms with Gasteiger partial charge in [-0.3, -0.25) is 4.79 Å². The predicted octanol–water partition coefficient (Wildman–Crippen LogP) is 2.19. The van der Waals surface area contributed by atoms with Crippen molar-refractivity contribution in [3.05, 3.63) is 22.8 Å². The average Bonchev–Trinajstić information content (AvgIpc) is 2.36. The molecule has 4 N–H and O–H groups in total. The molecule has 0 radical (unpaired) electrons. The molecule has 6 heteroatoms. The van der Waals surface area contributed by atoms with E-state index in [2.05, 4.69) is 36.5 Å². The van der Waals surface area contributed by atoms with Crippen LogP contribution in [0.3, 0.4) is 0 Å². The number of nitrogens with zero attached hydrogens (tertiary/aromatic N) is 1. The van der Waals surface area contributed by atoms with Gasteiger partial charge in [-0.1, -0.05) is 32.4 Å². The van der Waals surface area contributed by atoms with E-state index in [4.69, 9.17) is 17.4 Å². The van der Waals surface area contributed by atoms with Gasteiger partial charge in [0.25, 0.3) is 5.91 Å². The van der Waals surface area contributed by atoms with E-state index in [9.17, 15) is 4.79 Å². The minimum atomic E-state index is -0.186. The molecular weight excluding hydrogens is 252 g/mol. The van der Waals surface area contributed by atoms with E-state index in [1.54, 1.807) is 0 Å². The molecule has 1 aromatic rings. The maximum atomic E-state index is 11.9. The lowest BCUT2D eigenvalue weighted by Crippen LogP contribution is -2.33. The standard InChI is InChI=1S/C12H19ClN4O/c1-4-12(2,3)7-16-11(18)8-5-9(13)10(17-14)15-6-8/h5-6H,4,7,14H2,1-3H3,(H,15,17)(H,16,18). The number of carbonyl (C=O) groups excluding carboxylic acids is 1. The molecule has 0 aliphatic heterocycles. The van der Waals surface area contributed by atoms with Gasteiger partial charge in [0.05, 0.1) is 10.6 Å². The molecule has 0 bridgehead atoms. The summed E-state index contributed by atoms with van der Waals surface area (Å²) < 4.78 is 0. The number of aromatic nitrogens is 1. The highest BCUT2D eigenvalue weighted by atomic mass is 35.5. The van der Waals surface area contributed by atoms with Gasteiger partial charge < -0.3 is 10.7 Å². The summed E-state index contributed by atoms with van der Waals surface area (Å²) in [5, 5.41) is 3.18. The molecule has 1 heterocycles. The van der Waals surface area contributed by atoms with Gasteiger partial charge >= 0.3 is 0 Å². The van der Waals surface area contributed by atoms with Crippen molar-refractivity contribution in [2.75, 3.05) is 12.0 Å². The van der Waals surface area contributed by atoms with Gasteiger partial charge in [-0.15, -0.1) is 0 Å². The van der Waals surface area contributed by atoms with Crippen LogP contribution in [0.2, 0.25) is 5.02 Å². The molecule has 0 atom stereocenters. The Balaban J connectivity index is 2.71. The number of anilines is 1. The van der Waals surface area contributed by atoms with Crippen LogP contribution in [-0.2, 0) is 0 Å². The second-order valence-corrected chi connectivity index (χ2v) is 5.31. The summed E-state index contributed by atoms with van der Waals surface area (Å²) in [6.45, 7) is 6.89. The minimum absolute atomic E-state index is 0.0750. The SMILES string of the molecule is CCC(C)(C)CNC(=O)c1cnc(NN)c(Cl)c1. The summed E-state index contributed by atoms with van der Waals surface area (Å²) in [6, 6.07) is 1.54. The van der Waals surface area contributed by atoms with E-state index >= 15 is 0 Å². The minimum Gasteiger partial charge on any atom is -0.351 e. The van der Waals surface area contributed by atoms with Gasteiger partial charge in [-0.2, -0.15) is 0 Å². The van der Waals surface area contributed by atoms with Crippen LogP contribution in [0.4, 0.5) is 5.82 Å². The van der Waals surface area contributed by atoms with Crippen LogP contribution in [0.15, 0.2) is 12.3 Å². The Morgan fingerprint density at radius 2 is 2.22 bits per heavy atom. The van der Waals surface area contributed by atoms with E-state index in [1.807, 2.05) is 0 Å². The summed E-state index contributed by atoms with van der Waals surface area (Å²) >= 11 is 5.91. The van der Waals surface area contributed by atoms with Crippen LogP contribution in [0.5, 0.6) is 0 Å². The van der Waals surface area contributed by atoms with E-state index in [-0.39, 0.29) is 11.3 Å². The third-order valence-electron chi connectivity index (χ3n) is 2.92. The van der Waals surface area contributed by atoms with Crippen LogP contribution in [-0.4, -0.2) is 17.4 Å². The summed E-state index contributed by atoms with van der Waals surface area (Å²) in [5.74, 6) is 5.38. The molecule has 0 spiro atoms. The summed E-state index contributed by atoms with van der Waals surface area (Å²) in [5.41, 5.74) is 2.85. The number of carbonyl (C=O) groups is 1. The van der Waals surface area contributed by atoms with Crippen molar-refractivity contribution >= 4 is 23.3 Å². The second kappa shape index (κ2) is 6.02. The highest BCUT2D eigenvalue weighted by molar-refractivity contribution is 6.33. The Bertz CT molecular complexity index is 434. The zero-order valence-corrected chi connectivity index (χ0v) is 11.6. The fourth-order valence-electron chi connectivity index (χ4n) is 1.21. The van der Waals surface area contributed by atoms with Crippen LogP contribution < -0.4 is 16.6 Å². The zero-order chi connectivity index (χ0) is 13.8. The van der Waals surface area contributed by atoms with Crippen molar-refractivity contribution in [3.63, 3.8) is 0 Å². The summed E-state index contributed by atoms with van der Waals surface area (Å²) in [7, 11) is 0. The molecule has 0 aliphatic rings. The predicted molar refractivity (Wildman–Crippen MR) is 73.5 cm³/mol. The van der Waals surface area contributed by atoms with E-state index in [0.717, 1.165) is 6.42 Å². The highest BCUT2D eigenvalue weighted by Crippen LogP contribution is 2.20. The number of rotatable bonds is 5. The second-order valence-electron chi connectivity index (χ2n) is 4.90. The Kier molecular flexibility index (Phi) is 4.93. The highest BCUT2D eigenvalue weighted by Gasteiger charge is 2.17. The molecule has 0 unspecified atom stereocenters. The number of pyridine rings is 1. The van der Waals surface area contributed by atoms with Gasteiger partial charge in [-0.05, 0) is 17.9 Å². The first-order valence-electron chi connectivity index (χ1n) is 5.80. The van der Waals surface area contributed by atoms with Crippen LogP contribution in [0.25, 0.3) is 0 Å². The molecule has 5 nitrogen and oxygen atoms in total. The molecule has 0 aliphatic carbocycles. The summed E-state index contributed by atoms with van der Waals surface area (Å²) in [6.07, 6.45) is 2.43. The molecular formula is C12H19ClN4O. The maximum Gasteiger partial charge on any atom is 0.252 e. The van der Waals surface area contributed by atoms with Crippen LogP contribution in [0, 0.1) is 5.41 Å². The third kappa shape index (κ3) is 3.85. The van der Waals surface area contributed by atoms with Crippen LogP contribution >= 0.6 is 11.6 Å². The number of nitrogens with two attached hydrogens (primary N) is 1. The molecule has 1 rings (SSSR count). The molecule has 18 heavy (non-hydrogen) atoms. The van der Waals surface area contributed by atoms with E-state index < -0.39 is 0 Å². The number of nitrogen functional groups attached to an aromatic ring is 1. The average molecular weight is 271 g/mol. The first-order valence-corrected chi connectivity index (χ1v) is 6.18.